The number of rotatable bonds is 5. The van der Waals surface area contributed by atoms with E-state index in [0.29, 0.717) is 6.54 Å². The molecule has 2 rings (SSSR count). The van der Waals surface area contributed by atoms with E-state index in [9.17, 15) is 0 Å². The van der Waals surface area contributed by atoms with E-state index in [4.69, 9.17) is 10.5 Å². The summed E-state index contributed by atoms with van der Waals surface area (Å²) in [6.45, 7) is 7.73. The van der Waals surface area contributed by atoms with Gasteiger partial charge in [-0.2, -0.15) is 0 Å². The molecule has 0 aliphatic carbocycles. The molecule has 3 N–H and O–H groups in total. The normalized spacial score (nSPS) is 14.5. The van der Waals surface area contributed by atoms with Gasteiger partial charge < -0.3 is 15.8 Å². The van der Waals surface area contributed by atoms with Gasteiger partial charge in [0.25, 0.3) is 0 Å². The Bertz CT molecular complexity index is 388. The van der Waals surface area contributed by atoms with Crippen LogP contribution in [0.3, 0.4) is 0 Å². The number of benzene rings is 1. The summed E-state index contributed by atoms with van der Waals surface area (Å²) in [4.78, 5) is 0. The monoisotopic (exact) mass is 234 g/mol. The Morgan fingerprint density at radius 1 is 1.41 bits per heavy atom. The highest BCUT2D eigenvalue weighted by molar-refractivity contribution is 5.39. The molecule has 0 unspecified atom stereocenters. The third-order valence-corrected chi connectivity index (χ3v) is 3.24. The standard InChI is InChI=1S/C14H22N2O/c1-14(2,9-15)10-16-8-11-3-4-13-12(7-11)5-6-17-13/h3-4,7,16H,5-6,8-10,15H2,1-2H3. The molecule has 0 spiro atoms. The van der Waals surface area contributed by atoms with Crippen LogP contribution in [0.25, 0.3) is 0 Å². The maximum atomic E-state index is 5.70. The van der Waals surface area contributed by atoms with Gasteiger partial charge in [-0.25, -0.2) is 0 Å². The molecule has 1 aliphatic rings. The molecule has 0 atom stereocenters. The van der Waals surface area contributed by atoms with Gasteiger partial charge in [-0.15, -0.1) is 0 Å². The average Bonchev–Trinajstić information content (AvgIpc) is 2.76. The lowest BCUT2D eigenvalue weighted by molar-refractivity contribution is 0.351. The van der Waals surface area contributed by atoms with E-state index >= 15 is 0 Å². The zero-order valence-electron chi connectivity index (χ0n) is 10.8. The maximum Gasteiger partial charge on any atom is 0.122 e. The van der Waals surface area contributed by atoms with Gasteiger partial charge >= 0.3 is 0 Å². The molecule has 94 valence electrons. The van der Waals surface area contributed by atoms with Crippen LogP contribution in [0.2, 0.25) is 0 Å². The van der Waals surface area contributed by atoms with Crippen molar-refractivity contribution < 1.29 is 4.74 Å². The Kier molecular flexibility index (Phi) is 3.69. The first kappa shape index (κ1) is 12.4. The summed E-state index contributed by atoms with van der Waals surface area (Å²) in [6, 6.07) is 6.45. The Morgan fingerprint density at radius 2 is 2.24 bits per heavy atom. The van der Waals surface area contributed by atoms with E-state index in [1.165, 1.54) is 11.1 Å². The predicted molar refractivity (Wildman–Crippen MR) is 70.2 cm³/mol. The topological polar surface area (TPSA) is 47.3 Å². The van der Waals surface area contributed by atoms with Crippen molar-refractivity contribution in [3.05, 3.63) is 29.3 Å². The molecule has 1 aromatic carbocycles. The fourth-order valence-corrected chi connectivity index (χ4v) is 1.97. The maximum absolute atomic E-state index is 5.70. The molecule has 1 aromatic rings. The van der Waals surface area contributed by atoms with Gasteiger partial charge in [0, 0.05) is 19.5 Å². The van der Waals surface area contributed by atoms with Gasteiger partial charge in [-0.1, -0.05) is 26.0 Å². The molecule has 1 heterocycles. The molecule has 3 nitrogen and oxygen atoms in total. The molecule has 0 aromatic heterocycles. The van der Waals surface area contributed by atoms with E-state index in [-0.39, 0.29) is 5.41 Å². The fraction of sp³-hybridized carbons (Fsp3) is 0.571. The van der Waals surface area contributed by atoms with Crippen LogP contribution in [0.5, 0.6) is 5.75 Å². The highest BCUT2D eigenvalue weighted by Crippen LogP contribution is 2.25. The zero-order chi connectivity index (χ0) is 12.3. The molecule has 3 heteroatoms. The molecule has 0 saturated carbocycles. The van der Waals surface area contributed by atoms with Crippen molar-refractivity contribution in [1.29, 1.82) is 0 Å². The van der Waals surface area contributed by atoms with Crippen LogP contribution in [0, 0.1) is 5.41 Å². The van der Waals surface area contributed by atoms with Crippen LogP contribution in [0.15, 0.2) is 18.2 Å². The molecule has 0 amide bonds. The van der Waals surface area contributed by atoms with Crippen LogP contribution >= 0.6 is 0 Å². The Morgan fingerprint density at radius 3 is 3.00 bits per heavy atom. The zero-order valence-corrected chi connectivity index (χ0v) is 10.8. The van der Waals surface area contributed by atoms with Gasteiger partial charge in [-0.05, 0) is 29.2 Å². The summed E-state index contributed by atoms with van der Waals surface area (Å²) in [7, 11) is 0. The van der Waals surface area contributed by atoms with Gasteiger partial charge in [0.1, 0.15) is 5.75 Å². The van der Waals surface area contributed by atoms with Gasteiger partial charge in [0.2, 0.25) is 0 Å². The third kappa shape index (κ3) is 3.20. The summed E-state index contributed by atoms with van der Waals surface area (Å²) in [5.74, 6) is 1.05. The summed E-state index contributed by atoms with van der Waals surface area (Å²) in [5, 5.41) is 3.46. The summed E-state index contributed by atoms with van der Waals surface area (Å²) in [5.41, 5.74) is 8.53. The summed E-state index contributed by atoms with van der Waals surface area (Å²) < 4.78 is 5.49. The van der Waals surface area contributed by atoms with Crippen LogP contribution in [0.1, 0.15) is 25.0 Å². The highest BCUT2D eigenvalue weighted by atomic mass is 16.5. The Hall–Kier alpha value is -1.06. The van der Waals surface area contributed by atoms with Crippen molar-refractivity contribution >= 4 is 0 Å². The number of nitrogens with one attached hydrogen (secondary N) is 1. The number of ether oxygens (including phenoxy) is 1. The molecule has 0 fully saturated rings. The first-order valence-electron chi connectivity index (χ1n) is 6.26. The van der Waals surface area contributed by atoms with E-state index in [1.54, 1.807) is 0 Å². The van der Waals surface area contributed by atoms with Crippen LogP contribution in [0.4, 0.5) is 0 Å². The second-order valence-corrected chi connectivity index (χ2v) is 5.51. The van der Waals surface area contributed by atoms with Gasteiger partial charge in [0.05, 0.1) is 6.61 Å². The van der Waals surface area contributed by atoms with Crippen molar-refractivity contribution in [2.45, 2.75) is 26.8 Å². The first-order chi connectivity index (χ1) is 8.11. The summed E-state index contributed by atoms with van der Waals surface area (Å²) >= 11 is 0. The Balaban J connectivity index is 1.88. The third-order valence-electron chi connectivity index (χ3n) is 3.24. The number of hydrogen-bond donors (Lipinski definition) is 2. The van der Waals surface area contributed by atoms with Crippen LogP contribution < -0.4 is 15.8 Å². The molecular formula is C14H22N2O. The van der Waals surface area contributed by atoms with E-state index in [2.05, 4.69) is 37.4 Å². The van der Waals surface area contributed by atoms with Crippen molar-refractivity contribution in [3.8, 4) is 5.75 Å². The van der Waals surface area contributed by atoms with Gasteiger partial charge in [0.15, 0.2) is 0 Å². The second-order valence-electron chi connectivity index (χ2n) is 5.51. The largest absolute Gasteiger partial charge is 0.493 e. The minimum absolute atomic E-state index is 0.167. The molecule has 1 aliphatic heterocycles. The number of nitrogens with two attached hydrogens (primary N) is 1. The lowest BCUT2D eigenvalue weighted by Crippen LogP contribution is -2.35. The van der Waals surface area contributed by atoms with Crippen molar-refractivity contribution in [1.82, 2.24) is 5.32 Å². The Labute approximate surface area is 103 Å². The minimum atomic E-state index is 0.167. The molecule has 0 saturated heterocycles. The SMILES string of the molecule is CC(C)(CN)CNCc1ccc2c(c1)CCO2. The second kappa shape index (κ2) is 5.07. The van der Waals surface area contributed by atoms with E-state index in [0.717, 1.165) is 31.9 Å². The predicted octanol–water partition coefficient (Wildman–Crippen LogP) is 1.70. The van der Waals surface area contributed by atoms with Crippen LogP contribution in [-0.2, 0) is 13.0 Å². The lowest BCUT2D eigenvalue weighted by atomic mass is 9.94. The molecular weight excluding hydrogens is 212 g/mol. The van der Waals surface area contributed by atoms with Crippen LogP contribution in [-0.4, -0.2) is 19.7 Å². The average molecular weight is 234 g/mol. The quantitative estimate of drug-likeness (QED) is 0.815. The van der Waals surface area contributed by atoms with Gasteiger partial charge in [-0.3, -0.25) is 0 Å². The minimum Gasteiger partial charge on any atom is -0.493 e. The van der Waals surface area contributed by atoms with E-state index < -0.39 is 0 Å². The summed E-state index contributed by atoms with van der Waals surface area (Å²) in [6.07, 6.45) is 1.04. The van der Waals surface area contributed by atoms with Crippen molar-refractivity contribution in [2.75, 3.05) is 19.7 Å². The fourth-order valence-electron chi connectivity index (χ4n) is 1.97. The first-order valence-corrected chi connectivity index (χ1v) is 6.26. The van der Waals surface area contributed by atoms with Crippen molar-refractivity contribution in [2.24, 2.45) is 11.1 Å². The van der Waals surface area contributed by atoms with Crippen molar-refractivity contribution in [3.63, 3.8) is 0 Å². The number of fused-ring (bicyclic) bond motifs is 1. The smallest absolute Gasteiger partial charge is 0.122 e. The highest BCUT2D eigenvalue weighted by Gasteiger charge is 2.15. The lowest BCUT2D eigenvalue weighted by Gasteiger charge is -2.22. The van der Waals surface area contributed by atoms with E-state index in [1.807, 2.05) is 0 Å². The number of hydrogen-bond acceptors (Lipinski definition) is 3. The molecule has 17 heavy (non-hydrogen) atoms. The molecule has 0 radical (unpaired) electrons. The molecule has 0 bridgehead atoms.